The van der Waals surface area contributed by atoms with Crippen LogP contribution in [0.25, 0.3) is 0 Å². The van der Waals surface area contributed by atoms with Crippen LogP contribution in [0.15, 0.2) is 47.4 Å². The molecule has 0 saturated carbocycles. The third kappa shape index (κ3) is 4.80. The Morgan fingerprint density at radius 3 is 2.45 bits per heavy atom. The molecule has 0 aliphatic carbocycles. The largest absolute Gasteiger partial charge is 0.497 e. The maximum Gasteiger partial charge on any atom is 0.243 e. The normalized spacial score (nSPS) is 14.3. The molecule has 1 aliphatic rings. The molecule has 8 nitrogen and oxygen atoms in total. The highest BCUT2D eigenvalue weighted by Gasteiger charge is 2.24. The van der Waals surface area contributed by atoms with E-state index in [1.165, 1.54) is 26.3 Å². The zero-order valence-electron chi connectivity index (χ0n) is 16.5. The van der Waals surface area contributed by atoms with Crippen LogP contribution in [0.1, 0.15) is 18.5 Å². The van der Waals surface area contributed by atoms with Crippen molar-refractivity contribution in [3.05, 3.63) is 48.0 Å². The topological polar surface area (TPSA) is 94.2 Å². The van der Waals surface area contributed by atoms with Gasteiger partial charge >= 0.3 is 0 Å². The van der Waals surface area contributed by atoms with Crippen molar-refractivity contribution in [3.63, 3.8) is 0 Å². The molecule has 2 aromatic rings. The molecule has 0 spiro atoms. The van der Waals surface area contributed by atoms with Gasteiger partial charge in [-0.15, -0.1) is 0 Å². The van der Waals surface area contributed by atoms with Gasteiger partial charge in [0, 0.05) is 7.05 Å². The molecule has 0 fully saturated rings. The van der Waals surface area contributed by atoms with Crippen LogP contribution < -0.4 is 19.5 Å². The number of ether oxygens (including phenoxy) is 3. The summed E-state index contributed by atoms with van der Waals surface area (Å²) in [4.78, 5) is 12.5. The molecule has 156 valence electrons. The van der Waals surface area contributed by atoms with Crippen molar-refractivity contribution in [3.8, 4) is 17.2 Å². The average Bonchev–Trinajstić information content (AvgIpc) is 2.73. The van der Waals surface area contributed by atoms with Crippen LogP contribution in [-0.4, -0.2) is 52.5 Å². The molecule has 2 aromatic carbocycles. The third-order valence-corrected chi connectivity index (χ3v) is 6.40. The molecule has 29 heavy (non-hydrogen) atoms. The quantitative estimate of drug-likeness (QED) is 0.736. The maximum atomic E-state index is 12.7. The van der Waals surface area contributed by atoms with Gasteiger partial charge in [0.25, 0.3) is 0 Å². The van der Waals surface area contributed by atoms with Gasteiger partial charge in [-0.3, -0.25) is 4.79 Å². The highest BCUT2D eigenvalue weighted by Crippen LogP contribution is 2.32. The van der Waals surface area contributed by atoms with Gasteiger partial charge in [0.15, 0.2) is 11.5 Å². The van der Waals surface area contributed by atoms with E-state index in [4.69, 9.17) is 14.2 Å². The molecule has 1 aliphatic heterocycles. The number of sulfonamides is 1. The summed E-state index contributed by atoms with van der Waals surface area (Å²) < 4.78 is 42.4. The number of fused-ring (bicyclic) bond motifs is 1. The van der Waals surface area contributed by atoms with E-state index in [2.05, 4.69) is 5.32 Å². The molecule has 0 aromatic heterocycles. The van der Waals surface area contributed by atoms with Gasteiger partial charge in [-0.1, -0.05) is 6.07 Å². The molecule has 3 rings (SSSR count). The van der Waals surface area contributed by atoms with Crippen LogP contribution >= 0.6 is 0 Å². The fourth-order valence-electron chi connectivity index (χ4n) is 2.91. The number of nitrogens with one attached hydrogen (secondary N) is 1. The highest BCUT2D eigenvalue weighted by molar-refractivity contribution is 7.89. The van der Waals surface area contributed by atoms with Crippen molar-refractivity contribution >= 4 is 15.9 Å². The van der Waals surface area contributed by atoms with E-state index in [0.29, 0.717) is 30.5 Å². The summed E-state index contributed by atoms with van der Waals surface area (Å²) in [5, 5.41) is 2.81. The lowest BCUT2D eigenvalue weighted by atomic mass is 10.1. The van der Waals surface area contributed by atoms with Gasteiger partial charge < -0.3 is 19.5 Å². The Balaban J connectivity index is 1.63. The summed E-state index contributed by atoms with van der Waals surface area (Å²) in [7, 11) is -0.919. The zero-order chi connectivity index (χ0) is 21.0. The molecule has 0 saturated heterocycles. The second kappa shape index (κ2) is 8.71. The molecule has 1 heterocycles. The minimum absolute atomic E-state index is 0.0912. The lowest BCUT2D eigenvalue weighted by Gasteiger charge is -2.22. The van der Waals surface area contributed by atoms with Crippen molar-refractivity contribution < 1.29 is 27.4 Å². The minimum Gasteiger partial charge on any atom is -0.497 e. The van der Waals surface area contributed by atoms with E-state index in [1.807, 2.05) is 19.1 Å². The molecular weight excluding hydrogens is 396 g/mol. The number of rotatable bonds is 7. The number of carbonyl (C=O) groups excluding carboxylic acids is 1. The number of benzene rings is 2. The molecule has 1 N–H and O–H groups in total. The molecule has 1 atom stereocenters. The summed E-state index contributed by atoms with van der Waals surface area (Å²) in [6.45, 7) is 2.50. The first kappa shape index (κ1) is 20.9. The first-order valence-corrected chi connectivity index (χ1v) is 10.5. The Kier molecular flexibility index (Phi) is 6.29. The monoisotopic (exact) mass is 420 g/mol. The van der Waals surface area contributed by atoms with Crippen molar-refractivity contribution in [2.45, 2.75) is 17.9 Å². The molecular formula is C20H24N2O6S. The van der Waals surface area contributed by atoms with Crippen LogP contribution in [0.4, 0.5) is 0 Å². The van der Waals surface area contributed by atoms with E-state index >= 15 is 0 Å². The van der Waals surface area contributed by atoms with Crippen molar-refractivity contribution in [2.75, 3.05) is 33.9 Å². The van der Waals surface area contributed by atoms with Gasteiger partial charge in [0.2, 0.25) is 15.9 Å². The van der Waals surface area contributed by atoms with Crippen molar-refractivity contribution in [1.82, 2.24) is 9.62 Å². The van der Waals surface area contributed by atoms with E-state index in [9.17, 15) is 13.2 Å². The summed E-state index contributed by atoms with van der Waals surface area (Å²) in [6, 6.07) is 11.1. The van der Waals surface area contributed by atoms with E-state index in [1.54, 1.807) is 18.2 Å². The predicted octanol–water partition coefficient (Wildman–Crippen LogP) is 1.96. The Labute approximate surface area is 170 Å². The van der Waals surface area contributed by atoms with E-state index in [0.717, 1.165) is 9.87 Å². The summed E-state index contributed by atoms with van der Waals surface area (Å²) in [5.74, 6) is 1.45. The molecule has 9 heteroatoms. The Hall–Kier alpha value is -2.78. The number of hydrogen-bond donors (Lipinski definition) is 1. The first-order valence-electron chi connectivity index (χ1n) is 9.10. The summed E-state index contributed by atoms with van der Waals surface area (Å²) in [5.41, 5.74) is 0.836. The number of carbonyl (C=O) groups is 1. The minimum atomic E-state index is -3.79. The van der Waals surface area contributed by atoms with Crippen LogP contribution in [0.5, 0.6) is 17.2 Å². The van der Waals surface area contributed by atoms with Gasteiger partial charge in [-0.25, -0.2) is 8.42 Å². The number of methoxy groups -OCH3 is 1. The Morgan fingerprint density at radius 2 is 1.79 bits per heavy atom. The molecule has 0 unspecified atom stereocenters. The number of nitrogens with zero attached hydrogens (tertiary/aromatic N) is 1. The predicted molar refractivity (Wildman–Crippen MR) is 107 cm³/mol. The van der Waals surface area contributed by atoms with Crippen LogP contribution in [0.2, 0.25) is 0 Å². The fourth-order valence-corrected chi connectivity index (χ4v) is 4.04. The molecule has 0 radical (unpaired) electrons. The second-order valence-electron chi connectivity index (χ2n) is 6.63. The maximum absolute atomic E-state index is 12.7. The van der Waals surface area contributed by atoms with Crippen LogP contribution in [0.3, 0.4) is 0 Å². The standard InChI is InChI=1S/C20H24N2O6S/c1-14(15-4-9-18-19(12-15)28-11-10-27-18)21-20(23)13-22(2)29(24,25)17-7-5-16(26-3)6-8-17/h4-9,12,14H,10-11,13H2,1-3H3,(H,21,23)/t14-/m0/s1. The number of hydrogen-bond acceptors (Lipinski definition) is 6. The number of likely N-dealkylation sites (N-methyl/N-ethyl adjacent to an activating group) is 1. The van der Waals surface area contributed by atoms with Crippen molar-refractivity contribution in [2.24, 2.45) is 0 Å². The first-order chi connectivity index (χ1) is 13.8. The van der Waals surface area contributed by atoms with Gasteiger partial charge in [0.1, 0.15) is 19.0 Å². The summed E-state index contributed by atoms with van der Waals surface area (Å²) in [6.07, 6.45) is 0. The van der Waals surface area contributed by atoms with E-state index < -0.39 is 15.9 Å². The van der Waals surface area contributed by atoms with Gasteiger partial charge in [-0.05, 0) is 48.9 Å². The van der Waals surface area contributed by atoms with Crippen LogP contribution in [0, 0.1) is 0 Å². The SMILES string of the molecule is COc1ccc(S(=O)(=O)N(C)CC(=O)N[C@@H](C)c2ccc3c(c2)OCCO3)cc1. The Bertz CT molecular complexity index is 975. The fraction of sp³-hybridized carbons (Fsp3) is 0.350. The van der Waals surface area contributed by atoms with E-state index in [-0.39, 0.29) is 17.5 Å². The van der Waals surface area contributed by atoms with Crippen LogP contribution in [-0.2, 0) is 14.8 Å². The molecule has 0 bridgehead atoms. The number of amides is 1. The second-order valence-corrected chi connectivity index (χ2v) is 8.67. The average molecular weight is 420 g/mol. The Morgan fingerprint density at radius 1 is 1.14 bits per heavy atom. The zero-order valence-corrected chi connectivity index (χ0v) is 17.4. The smallest absolute Gasteiger partial charge is 0.243 e. The lowest BCUT2D eigenvalue weighted by molar-refractivity contribution is -0.121. The third-order valence-electron chi connectivity index (χ3n) is 4.58. The van der Waals surface area contributed by atoms with Crippen molar-refractivity contribution in [1.29, 1.82) is 0 Å². The summed E-state index contributed by atoms with van der Waals surface area (Å²) >= 11 is 0. The van der Waals surface area contributed by atoms with Gasteiger partial charge in [0.05, 0.1) is 24.6 Å². The lowest BCUT2D eigenvalue weighted by Crippen LogP contribution is -2.39. The van der Waals surface area contributed by atoms with Gasteiger partial charge in [-0.2, -0.15) is 4.31 Å². The highest BCUT2D eigenvalue weighted by atomic mass is 32.2. The molecule has 1 amide bonds.